The van der Waals surface area contributed by atoms with Crippen molar-refractivity contribution < 1.29 is 4.79 Å². The Balaban J connectivity index is 1.39. The highest BCUT2D eigenvalue weighted by Crippen LogP contribution is 2.26. The topological polar surface area (TPSA) is 71.3 Å². The summed E-state index contributed by atoms with van der Waals surface area (Å²) in [5, 5.41) is 6.75. The molecule has 0 aliphatic heterocycles. The number of nitrogens with zero attached hydrogens (tertiary/aromatic N) is 3. The second kappa shape index (κ2) is 6.24. The fourth-order valence-electron chi connectivity index (χ4n) is 3.09. The number of carbonyl (C=O) groups excluding carboxylic acids is 1. The normalized spacial score (nSPS) is 13.7. The van der Waals surface area contributed by atoms with E-state index in [1.54, 1.807) is 17.5 Å². The molecule has 0 spiro atoms. The van der Waals surface area contributed by atoms with Gasteiger partial charge in [-0.1, -0.05) is 0 Å². The number of nitrogens with one attached hydrogen (secondary N) is 2. The summed E-state index contributed by atoms with van der Waals surface area (Å²) < 4.78 is 1.90. The first kappa shape index (κ1) is 15.1. The van der Waals surface area contributed by atoms with Crippen LogP contribution >= 0.6 is 11.3 Å². The summed E-state index contributed by atoms with van der Waals surface area (Å²) in [5.74, 6) is 0. The van der Waals surface area contributed by atoms with Gasteiger partial charge in [0.25, 0.3) is 0 Å². The molecule has 0 unspecified atom stereocenters. The molecule has 0 bridgehead atoms. The van der Waals surface area contributed by atoms with Crippen molar-refractivity contribution in [3.63, 3.8) is 0 Å². The summed E-state index contributed by atoms with van der Waals surface area (Å²) in [6.07, 6.45) is 10.1. The van der Waals surface area contributed by atoms with Crippen LogP contribution in [0.15, 0.2) is 24.7 Å². The lowest BCUT2D eigenvalue weighted by Crippen LogP contribution is -2.28. The molecule has 1 aliphatic carbocycles. The molecule has 0 fully saturated rings. The molecule has 0 saturated carbocycles. The summed E-state index contributed by atoms with van der Waals surface area (Å²) in [6.45, 7) is 2.45. The van der Waals surface area contributed by atoms with Gasteiger partial charge in [0.05, 0.1) is 17.9 Å². The average Bonchev–Trinajstić information content (AvgIpc) is 3.19. The highest BCUT2D eigenvalue weighted by molar-refractivity contribution is 7.11. The molecule has 7 heteroatoms. The van der Waals surface area contributed by atoms with Crippen LogP contribution in [-0.2, 0) is 19.4 Å². The minimum atomic E-state index is -0.220. The van der Waals surface area contributed by atoms with Crippen LogP contribution in [0.25, 0.3) is 5.65 Å². The van der Waals surface area contributed by atoms with Crippen LogP contribution in [0.3, 0.4) is 0 Å². The molecule has 2 N–H and O–H groups in total. The number of anilines is 1. The summed E-state index contributed by atoms with van der Waals surface area (Å²) >= 11 is 1.72. The molecule has 4 rings (SSSR count). The van der Waals surface area contributed by atoms with E-state index in [-0.39, 0.29) is 6.03 Å². The first-order valence-electron chi connectivity index (χ1n) is 8.14. The minimum absolute atomic E-state index is 0.220. The van der Waals surface area contributed by atoms with Crippen molar-refractivity contribution in [2.45, 2.75) is 39.2 Å². The maximum atomic E-state index is 12.1. The number of hydrogen-bond donors (Lipinski definition) is 2. The number of imidazole rings is 1. The van der Waals surface area contributed by atoms with Crippen LogP contribution in [0, 0.1) is 6.92 Å². The van der Waals surface area contributed by atoms with E-state index in [0.717, 1.165) is 34.7 Å². The second-order valence-corrected chi connectivity index (χ2v) is 7.23. The number of aromatic nitrogens is 3. The van der Waals surface area contributed by atoms with Crippen molar-refractivity contribution in [2.24, 2.45) is 0 Å². The van der Waals surface area contributed by atoms with Gasteiger partial charge in [-0.2, -0.15) is 0 Å². The van der Waals surface area contributed by atoms with Gasteiger partial charge in [0.1, 0.15) is 10.7 Å². The summed E-state index contributed by atoms with van der Waals surface area (Å²) in [7, 11) is 0. The van der Waals surface area contributed by atoms with Gasteiger partial charge < -0.3 is 15.0 Å². The number of carbonyl (C=O) groups is 1. The van der Waals surface area contributed by atoms with Crippen LogP contribution in [-0.4, -0.2) is 20.4 Å². The maximum absolute atomic E-state index is 12.1. The molecule has 2 amide bonds. The average molecular weight is 341 g/mol. The Morgan fingerprint density at radius 1 is 1.38 bits per heavy atom. The van der Waals surface area contributed by atoms with Crippen LogP contribution in [0.5, 0.6) is 0 Å². The van der Waals surface area contributed by atoms with E-state index in [1.165, 1.54) is 23.4 Å². The number of pyridine rings is 1. The van der Waals surface area contributed by atoms with Crippen molar-refractivity contribution >= 4 is 28.7 Å². The van der Waals surface area contributed by atoms with Crippen molar-refractivity contribution in [3.8, 4) is 0 Å². The van der Waals surface area contributed by atoms with E-state index in [0.29, 0.717) is 6.54 Å². The first-order chi connectivity index (χ1) is 11.7. The third kappa shape index (κ3) is 2.99. The van der Waals surface area contributed by atoms with Gasteiger partial charge in [0.2, 0.25) is 0 Å². The molecule has 1 aliphatic rings. The second-order valence-electron chi connectivity index (χ2n) is 6.06. The molecule has 6 nitrogen and oxygen atoms in total. The zero-order valence-corrected chi connectivity index (χ0v) is 14.3. The Labute approximate surface area is 143 Å². The van der Waals surface area contributed by atoms with E-state index in [1.807, 2.05) is 29.8 Å². The smallest absolute Gasteiger partial charge is 0.319 e. The van der Waals surface area contributed by atoms with E-state index < -0.39 is 0 Å². The van der Waals surface area contributed by atoms with Gasteiger partial charge in [0, 0.05) is 23.5 Å². The van der Waals surface area contributed by atoms with Crippen molar-refractivity contribution in [3.05, 3.63) is 45.8 Å². The zero-order chi connectivity index (χ0) is 16.5. The molecular formula is C17H19N5OS. The molecule has 0 radical (unpaired) electrons. The number of hydrogen-bond acceptors (Lipinski definition) is 4. The molecule has 24 heavy (non-hydrogen) atoms. The largest absolute Gasteiger partial charge is 0.331 e. The molecule has 0 atom stereocenters. The highest BCUT2D eigenvalue weighted by Gasteiger charge is 2.15. The number of amides is 2. The third-order valence-corrected chi connectivity index (χ3v) is 5.38. The van der Waals surface area contributed by atoms with Gasteiger partial charge in [0.15, 0.2) is 0 Å². The summed E-state index contributed by atoms with van der Waals surface area (Å²) in [6, 6.07) is 1.70. The van der Waals surface area contributed by atoms with Crippen molar-refractivity contribution in [1.82, 2.24) is 19.7 Å². The van der Waals surface area contributed by atoms with Crippen molar-refractivity contribution in [2.75, 3.05) is 5.32 Å². The number of thiazole rings is 1. The standard InChI is InChI=1S/C17H19N5OS/c1-11-8-12(10-22-7-6-18-16(11)22)20-17(23)19-9-15-21-13-4-2-3-5-14(13)24-15/h6-8,10H,2-5,9H2,1H3,(H2,19,20,23). The minimum Gasteiger partial charge on any atom is -0.331 e. The van der Waals surface area contributed by atoms with Crippen LogP contribution < -0.4 is 10.6 Å². The van der Waals surface area contributed by atoms with E-state index in [2.05, 4.69) is 20.6 Å². The lowest BCUT2D eigenvalue weighted by Gasteiger charge is -2.08. The van der Waals surface area contributed by atoms with Crippen molar-refractivity contribution in [1.29, 1.82) is 0 Å². The third-order valence-electron chi connectivity index (χ3n) is 4.22. The monoisotopic (exact) mass is 341 g/mol. The van der Waals surface area contributed by atoms with Gasteiger partial charge >= 0.3 is 6.03 Å². The Morgan fingerprint density at radius 2 is 2.25 bits per heavy atom. The lowest BCUT2D eigenvalue weighted by molar-refractivity contribution is 0.251. The number of aryl methyl sites for hydroxylation is 3. The lowest BCUT2D eigenvalue weighted by atomic mass is 10.0. The fraction of sp³-hybridized carbons (Fsp3) is 0.353. The maximum Gasteiger partial charge on any atom is 0.319 e. The Hall–Kier alpha value is -2.41. The van der Waals surface area contributed by atoms with Crippen LogP contribution in [0.2, 0.25) is 0 Å². The van der Waals surface area contributed by atoms with Crippen LogP contribution in [0.1, 0.15) is 34.0 Å². The number of fused-ring (bicyclic) bond motifs is 2. The molecule has 3 aromatic rings. The van der Waals surface area contributed by atoms with Gasteiger partial charge in [-0.3, -0.25) is 0 Å². The quantitative estimate of drug-likeness (QED) is 0.768. The molecule has 0 saturated heterocycles. The SMILES string of the molecule is Cc1cc(NC(=O)NCc2nc3c(s2)CCCC3)cn2ccnc12. The van der Waals surface area contributed by atoms with Gasteiger partial charge in [-0.25, -0.2) is 14.8 Å². The van der Waals surface area contributed by atoms with Gasteiger partial charge in [-0.05, 0) is 44.2 Å². The molecular weight excluding hydrogens is 322 g/mol. The van der Waals surface area contributed by atoms with E-state index >= 15 is 0 Å². The predicted octanol–water partition coefficient (Wildman–Crippen LogP) is 3.30. The first-order valence-corrected chi connectivity index (χ1v) is 8.96. The predicted molar refractivity (Wildman–Crippen MR) is 94.5 cm³/mol. The summed E-state index contributed by atoms with van der Waals surface area (Å²) in [5.41, 5.74) is 3.89. The fourth-order valence-corrected chi connectivity index (χ4v) is 4.18. The van der Waals surface area contributed by atoms with E-state index in [4.69, 9.17) is 0 Å². The Kier molecular flexibility index (Phi) is 3.93. The van der Waals surface area contributed by atoms with Gasteiger partial charge in [-0.15, -0.1) is 11.3 Å². The van der Waals surface area contributed by atoms with Crippen LogP contribution in [0.4, 0.5) is 10.5 Å². The highest BCUT2D eigenvalue weighted by atomic mass is 32.1. The Bertz CT molecular complexity index is 874. The molecule has 3 heterocycles. The molecule has 3 aromatic heterocycles. The molecule has 124 valence electrons. The number of rotatable bonds is 3. The summed E-state index contributed by atoms with van der Waals surface area (Å²) in [4.78, 5) is 22.4. The zero-order valence-electron chi connectivity index (χ0n) is 13.5. The van der Waals surface area contributed by atoms with E-state index in [9.17, 15) is 4.79 Å². The molecule has 0 aromatic carbocycles. The number of urea groups is 1. The Morgan fingerprint density at radius 3 is 3.12 bits per heavy atom.